The van der Waals surface area contributed by atoms with E-state index in [1.165, 1.54) is 6.92 Å². The van der Waals surface area contributed by atoms with Gasteiger partial charge in [0.1, 0.15) is 36.2 Å². The number of nitrogens with zero attached hydrogens (tertiary/aromatic N) is 1. The largest absolute Gasteiger partial charge is 0.394 e. The molecule has 0 aromatic carbocycles. The van der Waals surface area contributed by atoms with Crippen molar-refractivity contribution in [2.75, 3.05) is 6.61 Å². The highest BCUT2D eigenvalue weighted by Gasteiger charge is 2.49. The fraction of sp³-hybridized carbons (Fsp3) is 0.700. The van der Waals surface area contributed by atoms with Gasteiger partial charge in [-0.05, 0) is 0 Å². The number of carbonyl (C=O) groups is 1. The lowest BCUT2D eigenvalue weighted by Crippen LogP contribution is -2.48. The van der Waals surface area contributed by atoms with Crippen LogP contribution in [0, 0.1) is 5.41 Å². The van der Waals surface area contributed by atoms with E-state index in [2.05, 4.69) is 10.5 Å². The second kappa shape index (κ2) is 4.73. The number of hydrazone groups is 1. The lowest BCUT2D eigenvalue weighted by Gasteiger charge is -2.21. The van der Waals surface area contributed by atoms with Crippen LogP contribution >= 0.6 is 0 Å². The van der Waals surface area contributed by atoms with Gasteiger partial charge in [0.25, 0.3) is 0 Å². The third kappa shape index (κ3) is 1.93. The van der Waals surface area contributed by atoms with E-state index in [9.17, 15) is 15.0 Å². The van der Waals surface area contributed by atoms with E-state index >= 15 is 0 Å². The molecule has 100 valence electrons. The van der Waals surface area contributed by atoms with E-state index in [0.29, 0.717) is 0 Å². The Balaban J connectivity index is 2.12. The van der Waals surface area contributed by atoms with Crippen molar-refractivity contribution in [2.24, 2.45) is 5.10 Å². The first-order valence-corrected chi connectivity index (χ1v) is 5.52. The van der Waals surface area contributed by atoms with Crippen molar-refractivity contribution >= 4 is 17.2 Å². The predicted molar refractivity (Wildman–Crippen MR) is 60.5 cm³/mol. The van der Waals surface area contributed by atoms with Crippen molar-refractivity contribution in [1.82, 2.24) is 5.43 Å². The van der Waals surface area contributed by atoms with Gasteiger partial charge in [-0.25, -0.2) is 0 Å². The van der Waals surface area contributed by atoms with Crippen molar-refractivity contribution in [3.8, 4) is 0 Å². The molecule has 0 spiro atoms. The number of rotatable bonds is 3. The molecule has 5 N–H and O–H groups in total. The van der Waals surface area contributed by atoms with Crippen LogP contribution in [0.25, 0.3) is 0 Å². The van der Waals surface area contributed by atoms with Crippen LogP contribution < -0.4 is 5.43 Å². The van der Waals surface area contributed by atoms with Gasteiger partial charge in [-0.1, -0.05) is 0 Å². The number of aliphatic hydroxyl groups excluding tert-OH is 3. The molecule has 5 atom stereocenters. The molecule has 0 aromatic rings. The number of nitrogens with one attached hydrogen (secondary N) is 2. The van der Waals surface area contributed by atoms with Gasteiger partial charge in [-0.15, -0.1) is 0 Å². The number of Topliss-reactive ketones (excluding diaryl/α,β-unsaturated/α-hetero) is 1. The third-order valence-corrected chi connectivity index (χ3v) is 3.12. The lowest BCUT2D eigenvalue weighted by atomic mass is 9.97. The minimum atomic E-state index is -1.25. The Morgan fingerprint density at radius 1 is 1.50 bits per heavy atom. The summed E-state index contributed by atoms with van der Waals surface area (Å²) in [6, 6.07) is -0.801. The second-order valence-electron chi connectivity index (χ2n) is 4.34. The van der Waals surface area contributed by atoms with Gasteiger partial charge in [-0.2, -0.15) is 5.10 Å². The number of ketones is 1. The van der Waals surface area contributed by atoms with Gasteiger partial charge in [0.15, 0.2) is 5.78 Å². The highest BCUT2D eigenvalue weighted by molar-refractivity contribution is 6.68. The molecule has 18 heavy (non-hydrogen) atoms. The molecule has 1 unspecified atom stereocenters. The molecule has 0 aliphatic carbocycles. The average molecular weight is 257 g/mol. The normalized spacial score (nSPS) is 39.7. The van der Waals surface area contributed by atoms with Crippen LogP contribution in [0.15, 0.2) is 5.10 Å². The molecule has 1 fully saturated rings. The highest BCUT2D eigenvalue weighted by atomic mass is 16.6. The number of ether oxygens (including phenoxy) is 1. The van der Waals surface area contributed by atoms with Crippen LogP contribution in [0.4, 0.5) is 0 Å². The molecule has 1 saturated heterocycles. The first-order valence-electron chi connectivity index (χ1n) is 5.52. The summed E-state index contributed by atoms with van der Waals surface area (Å²) in [5.74, 6) is -0.359. The Bertz CT molecular complexity index is 410. The zero-order valence-corrected chi connectivity index (χ0v) is 9.70. The zero-order valence-electron chi connectivity index (χ0n) is 9.70. The molecule has 2 aliphatic rings. The number of hydrogen-bond acceptors (Lipinski definition) is 8. The third-order valence-electron chi connectivity index (χ3n) is 3.12. The van der Waals surface area contributed by atoms with E-state index in [0.717, 1.165) is 0 Å². The Morgan fingerprint density at radius 2 is 2.17 bits per heavy atom. The highest BCUT2D eigenvalue weighted by Crippen LogP contribution is 2.25. The molecule has 2 heterocycles. The van der Waals surface area contributed by atoms with Crippen molar-refractivity contribution in [1.29, 1.82) is 5.41 Å². The molecule has 8 nitrogen and oxygen atoms in total. The van der Waals surface area contributed by atoms with Gasteiger partial charge in [-0.3, -0.25) is 10.2 Å². The smallest absolute Gasteiger partial charge is 0.181 e. The van der Waals surface area contributed by atoms with E-state index in [-0.39, 0.29) is 17.2 Å². The van der Waals surface area contributed by atoms with Crippen LogP contribution in [0.5, 0.6) is 0 Å². The summed E-state index contributed by atoms with van der Waals surface area (Å²) >= 11 is 0. The van der Waals surface area contributed by atoms with Crippen molar-refractivity contribution in [3.63, 3.8) is 0 Å². The molecule has 2 aliphatic heterocycles. The topological polar surface area (TPSA) is 135 Å². The van der Waals surface area contributed by atoms with Gasteiger partial charge < -0.3 is 25.5 Å². The molecule has 0 aromatic heterocycles. The summed E-state index contributed by atoms with van der Waals surface area (Å²) < 4.78 is 5.28. The molecule has 8 heteroatoms. The fourth-order valence-electron chi connectivity index (χ4n) is 2.12. The van der Waals surface area contributed by atoms with Crippen LogP contribution in [0.1, 0.15) is 6.92 Å². The molecule has 2 rings (SSSR count). The molecule has 0 amide bonds. The fourth-order valence-corrected chi connectivity index (χ4v) is 2.12. The van der Waals surface area contributed by atoms with Gasteiger partial charge in [0.05, 0.1) is 12.3 Å². The van der Waals surface area contributed by atoms with Crippen molar-refractivity contribution in [2.45, 2.75) is 37.4 Å². The maximum atomic E-state index is 11.2. The summed E-state index contributed by atoms with van der Waals surface area (Å²) in [4.78, 5) is 11.2. The summed E-state index contributed by atoms with van der Waals surface area (Å²) in [5.41, 5.74) is 2.44. The molecule has 0 bridgehead atoms. The quantitative estimate of drug-likeness (QED) is 0.376. The van der Waals surface area contributed by atoms with Crippen LogP contribution in [0.3, 0.4) is 0 Å². The summed E-state index contributed by atoms with van der Waals surface area (Å²) in [6.07, 6.45) is -4.30. The minimum absolute atomic E-state index is 0.0160. The summed E-state index contributed by atoms with van der Waals surface area (Å²) in [7, 11) is 0. The Hall–Kier alpha value is -1.35. The van der Waals surface area contributed by atoms with E-state index < -0.39 is 37.1 Å². The second-order valence-corrected chi connectivity index (χ2v) is 4.34. The Morgan fingerprint density at radius 3 is 2.61 bits per heavy atom. The number of aliphatic hydroxyl groups is 3. The van der Waals surface area contributed by atoms with Gasteiger partial charge in [0.2, 0.25) is 0 Å². The summed E-state index contributed by atoms with van der Waals surface area (Å²) in [5, 5.41) is 39.9. The van der Waals surface area contributed by atoms with Crippen LogP contribution in [0.2, 0.25) is 0 Å². The zero-order chi connectivity index (χ0) is 13.4. The SMILES string of the molecule is CC(=O)C1=NNC([C@@H]2O[C@H](CO)[C@@H](O)[C@H]2O)C1=N. The molecular weight excluding hydrogens is 242 g/mol. The minimum Gasteiger partial charge on any atom is -0.394 e. The predicted octanol–water partition coefficient (Wildman–Crippen LogP) is -2.60. The van der Waals surface area contributed by atoms with Gasteiger partial charge in [0, 0.05) is 6.92 Å². The van der Waals surface area contributed by atoms with Gasteiger partial charge >= 0.3 is 0 Å². The Kier molecular flexibility index (Phi) is 3.44. The maximum absolute atomic E-state index is 11.2. The average Bonchev–Trinajstić information content (AvgIpc) is 2.82. The lowest BCUT2D eigenvalue weighted by molar-refractivity contribution is -0.110. The van der Waals surface area contributed by atoms with Crippen molar-refractivity contribution < 1.29 is 24.9 Å². The van der Waals surface area contributed by atoms with E-state index in [1.807, 2.05) is 0 Å². The number of carbonyl (C=O) groups excluding carboxylic acids is 1. The molecule has 0 radical (unpaired) electrons. The molecular formula is C10H15N3O5. The van der Waals surface area contributed by atoms with E-state index in [4.69, 9.17) is 15.3 Å². The number of hydrogen-bond donors (Lipinski definition) is 5. The van der Waals surface area contributed by atoms with E-state index in [1.54, 1.807) is 0 Å². The standard InChI is InChI=1S/C10H15N3O5/c1-3(15)6-5(11)7(13-12-6)10-9(17)8(16)4(2-14)18-10/h4,7-11,13-14,16-17H,2H2,1H3/t4-,7?,8-,9-,10+/m1/s1. The first kappa shape index (κ1) is 13.1. The summed E-state index contributed by atoms with van der Waals surface area (Å²) in [6.45, 7) is 0.851. The maximum Gasteiger partial charge on any atom is 0.181 e. The molecule has 0 saturated carbocycles. The Labute approximate surface area is 103 Å². The monoisotopic (exact) mass is 257 g/mol. The van der Waals surface area contributed by atoms with Crippen molar-refractivity contribution in [3.05, 3.63) is 0 Å². The van der Waals surface area contributed by atoms with Crippen LogP contribution in [-0.2, 0) is 9.53 Å². The first-order chi connectivity index (χ1) is 8.47. The van der Waals surface area contributed by atoms with Crippen LogP contribution in [-0.4, -0.2) is 69.6 Å².